The second-order valence-electron chi connectivity index (χ2n) is 4.14. The van der Waals surface area contributed by atoms with E-state index in [0.717, 1.165) is 11.3 Å². The summed E-state index contributed by atoms with van der Waals surface area (Å²) in [6.07, 6.45) is 0. The number of halogens is 1. The molecule has 0 radical (unpaired) electrons. The van der Waals surface area contributed by atoms with Gasteiger partial charge >= 0.3 is 0 Å². The molecule has 0 aromatic heterocycles. The zero-order valence-corrected chi connectivity index (χ0v) is 11.2. The van der Waals surface area contributed by atoms with Crippen molar-refractivity contribution in [2.75, 3.05) is 0 Å². The Hall–Kier alpha value is -1.51. The second-order valence-corrected chi connectivity index (χ2v) is 4.14. The zero-order valence-electron chi connectivity index (χ0n) is 10.4. The summed E-state index contributed by atoms with van der Waals surface area (Å²) in [5, 5.41) is 0. The standard InChI is InChI=1S/C15H17NO.ClH/c1-12(16)14-8-5-9-15(10-14)17-11-13-6-3-2-4-7-13;/h2-10,12H,11,16H2,1H3;1H. The number of hydrogen-bond acceptors (Lipinski definition) is 2. The Morgan fingerprint density at radius 2 is 1.78 bits per heavy atom. The lowest BCUT2D eigenvalue weighted by atomic mass is 10.1. The Balaban J connectivity index is 0.00000162. The van der Waals surface area contributed by atoms with E-state index in [0.29, 0.717) is 6.61 Å². The van der Waals surface area contributed by atoms with Crippen LogP contribution >= 0.6 is 12.4 Å². The van der Waals surface area contributed by atoms with Gasteiger partial charge in [0.2, 0.25) is 0 Å². The van der Waals surface area contributed by atoms with Gasteiger partial charge in [0.05, 0.1) is 0 Å². The predicted molar refractivity (Wildman–Crippen MR) is 77.1 cm³/mol. The minimum Gasteiger partial charge on any atom is -0.489 e. The normalized spacial score (nSPS) is 11.4. The summed E-state index contributed by atoms with van der Waals surface area (Å²) in [5.74, 6) is 0.864. The van der Waals surface area contributed by atoms with Crippen LogP contribution in [0.5, 0.6) is 5.75 Å². The second kappa shape index (κ2) is 7.04. The first kappa shape index (κ1) is 14.6. The zero-order chi connectivity index (χ0) is 12.1. The average Bonchev–Trinajstić information content (AvgIpc) is 2.38. The number of ether oxygens (including phenoxy) is 1. The summed E-state index contributed by atoms with van der Waals surface area (Å²) in [4.78, 5) is 0. The van der Waals surface area contributed by atoms with Gasteiger partial charge in [-0.05, 0) is 30.2 Å². The van der Waals surface area contributed by atoms with Gasteiger partial charge in [0.25, 0.3) is 0 Å². The first-order valence-electron chi connectivity index (χ1n) is 5.78. The minimum absolute atomic E-state index is 0. The van der Waals surface area contributed by atoms with Crippen molar-refractivity contribution in [3.05, 3.63) is 65.7 Å². The smallest absolute Gasteiger partial charge is 0.120 e. The van der Waals surface area contributed by atoms with Gasteiger partial charge in [-0.3, -0.25) is 0 Å². The predicted octanol–water partition coefficient (Wildman–Crippen LogP) is 3.71. The summed E-state index contributed by atoms with van der Waals surface area (Å²) in [5.41, 5.74) is 8.09. The molecule has 1 unspecified atom stereocenters. The third kappa shape index (κ3) is 4.06. The number of rotatable bonds is 4. The average molecular weight is 264 g/mol. The van der Waals surface area contributed by atoms with Crippen LogP contribution in [-0.2, 0) is 6.61 Å². The molecule has 2 rings (SSSR count). The molecule has 2 aromatic carbocycles. The van der Waals surface area contributed by atoms with Gasteiger partial charge in [-0.25, -0.2) is 0 Å². The van der Waals surface area contributed by atoms with Gasteiger partial charge in [0, 0.05) is 6.04 Å². The quantitative estimate of drug-likeness (QED) is 0.913. The van der Waals surface area contributed by atoms with Crippen LogP contribution in [0.15, 0.2) is 54.6 Å². The Morgan fingerprint density at radius 3 is 2.44 bits per heavy atom. The lowest BCUT2D eigenvalue weighted by Gasteiger charge is -2.10. The first-order chi connectivity index (χ1) is 8.25. The van der Waals surface area contributed by atoms with Gasteiger partial charge in [0.1, 0.15) is 12.4 Å². The van der Waals surface area contributed by atoms with Crippen LogP contribution in [0.1, 0.15) is 24.1 Å². The lowest BCUT2D eigenvalue weighted by Crippen LogP contribution is -2.05. The number of benzene rings is 2. The number of hydrogen-bond donors (Lipinski definition) is 1. The van der Waals surface area contributed by atoms with E-state index in [9.17, 15) is 0 Å². The van der Waals surface area contributed by atoms with Crippen LogP contribution < -0.4 is 10.5 Å². The van der Waals surface area contributed by atoms with Crippen molar-refractivity contribution in [3.8, 4) is 5.75 Å². The highest BCUT2D eigenvalue weighted by Gasteiger charge is 2.01. The van der Waals surface area contributed by atoms with E-state index in [1.165, 1.54) is 5.56 Å². The molecule has 1 atom stereocenters. The molecule has 96 valence electrons. The highest BCUT2D eigenvalue weighted by atomic mass is 35.5. The fourth-order valence-corrected chi connectivity index (χ4v) is 1.63. The van der Waals surface area contributed by atoms with Gasteiger partial charge in [-0.15, -0.1) is 12.4 Å². The molecule has 18 heavy (non-hydrogen) atoms. The molecule has 0 saturated carbocycles. The maximum atomic E-state index is 5.83. The molecular weight excluding hydrogens is 246 g/mol. The van der Waals surface area contributed by atoms with Crippen LogP contribution in [0.25, 0.3) is 0 Å². The fraction of sp³-hybridized carbons (Fsp3) is 0.200. The molecule has 2 aromatic rings. The van der Waals surface area contributed by atoms with Crippen LogP contribution in [0, 0.1) is 0 Å². The molecule has 0 amide bonds. The van der Waals surface area contributed by atoms with E-state index in [-0.39, 0.29) is 18.4 Å². The topological polar surface area (TPSA) is 35.2 Å². The molecule has 0 aliphatic carbocycles. The van der Waals surface area contributed by atoms with Crippen molar-refractivity contribution in [1.82, 2.24) is 0 Å². The minimum atomic E-state index is 0. The van der Waals surface area contributed by atoms with Crippen molar-refractivity contribution >= 4 is 12.4 Å². The molecule has 0 saturated heterocycles. The first-order valence-corrected chi connectivity index (χ1v) is 5.78. The molecule has 0 fully saturated rings. The lowest BCUT2D eigenvalue weighted by molar-refractivity contribution is 0.306. The van der Waals surface area contributed by atoms with Crippen LogP contribution in [-0.4, -0.2) is 0 Å². The molecule has 3 heteroatoms. The molecular formula is C15H18ClNO. The molecule has 0 aliphatic heterocycles. The summed E-state index contributed by atoms with van der Waals surface area (Å²) >= 11 is 0. The Kier molecular flexibility index (Phi) is 5.69. The van der Waals surface area contributed by atoms with Crippen LogP contribution in [0.2, 0.25) is 0 Å². The van der Waals surface area contributed by atoms with Crippen LogP contribution in [0.3, 0.4) is 0 Å². The van der Waals surface area contributed by atoms with E-state index < -0.39 is 0 Å². The Bertz CT molecular complexity index is 471. The Labute approximate surface area is 114 Å². The molecule has 0 bridgehead atoms. The molecule has 2 nitrogen and oxygen atoms in total. The van der Waals surface area contributed by atoms with E-state index in [4.69, 9.17) is 10.5 Å². The maximum absolute atomic E-state index is 5.83. The van der Waals surface area contributed by atoms with E-state index in [2.05, 4.69) is 12.1 Å². The van der Waals surface area contributed by atoms with Gasteiger partial charge in [-0.1, -0.05) is 42.5 Å². The van der Waals surface area contributed by atoms with Crippen molar-refractivity contribution in [2.45, 2.75) is 19.6 Å². The third-order valence-corrected chi connectivity index (χ3v) is 2.63. The van der Waals surface area contributed by atoms with Gasteiger partial charge < -0.3 is 10.5 Å². The van der Waals surface area contributed by atoms with Crippen molar-refractivity contribution in [3.63, 3.8) is 0 Å². The summed E-state index contributed by atoms with van der Waals surface area (Å²) in [6.45, 7) is 2.56. The highest BCUT2D eigenvalue weighted by Crippen LogP contribution is 2.18. The number of nitrogens with two attached hydrogens (primary N) is 1. The van der Waals surface area contributed by atoms with Gasteiger partial charge in [-0.2, -0.15) is 0 Å². The SMILES string of the molecule is CC(N)c1cccc(OCc2ccccc2)c1.Cl. The monoisotopic (exact) mass is 263 g/mol. The maximum Gasteiger partial charge on any atom is 0.120 e. The fourth-order valence-electron chi connectivity index (χ4n) is 1.63. The van der Waals surface area contributed by atoms with Crippen LogP contribution in [0.4, 0.5) is 0 Å². The molecule has 0 spiro atoms. The van der Waals surface area contributed by atoms with Crippen molar-refractivity contribution < 1.29 is 4.74 Å². The van der Waals surface area contributed by atoms with E-state index >= 15 is 0 Å². The summed E-state index contributed by atoms with van der Waals surface area (Å²) in [6, 6.07) is 18.1. The summed E-state index contributed by atoms with van der Waals surface area (Å²) < 4.78 is 5.73. The largest absolute Gasteiger partial charge is 0.489 e. The summed E-state index contributed by atoms with van der Waals surface area (Å²) in [7, 11) is 0. The van der Waals surface area contributed by atoms with Crippen molar-refractivity contribution in [2.24, 2.45) is 5.73 Å². The molecule has 0 heterocycles. The van der Waals surface area contributed by atoms with Crippen molar-refractivity contribution in [1.29, 1.82) is 0 Å². The van der Waals surface area contributed by atoms with E-state index in [1.807, 2.05) is 49.4 Å². The third-order valence-electron chi connectivity index (χ3n) is 2.63. The van der Waals surface area contributed by atoms with E-state index in [1.54, 1.807) is 0 Å². The van der Waals surface area contributed by atoms with Gasteiger partial charge in [0.15, 0.2) is 0 Å². The molecule has 2 N–H and O–H groups in total. The molecule has 0 aliphatic rings. The highest BCUT2D eigenvalue weighted by molar-refractivity contribution is 5.85. The Morgan fingerprint density at radius 1 is 1.06 bits per heavy atom.